The van der Waals surface area contributed by atoms with Crippen molar-refractivity contribution in [2.24, 2.45) is 0 Å². The van der Waals surface area contributed by atoms with Crippen LogP contribution in [0, 0.1) is 10.1 Å². The lowest BCUT2D eigenvalue weighted by Gasteiger charge is -2.17. The summed E-state index contributed by atoms with van der Waals surface area (Å²) in [6.45, 7) is 0. The zero-order chi connectivity index (χ0) is 21.3. The van der Waals surface area contributed by atoms with Crippen molar-refractivity contribution in [2.75, 3.05) is 0 Å². The molecule has 0 spiro atoms. The fraction of sp³-hybridized carbons (Fsp3) is 0.143. The summed E-state index contributed by atoms with van der Waals surface area (Å²) in [5.74, 6) is 0.248. The molecule has 0 radical (unpaired) electrons. The maximum Gasteiger partial charge on any atom is 0.269 e. The Balaban J connectivity index is 1.74. The first-order valence-corrected chi connectivity index (χ1v) is 11.4. The van der Waals surface area contributed by atoms with E-state index in [0.717, 1.165) is 11.1 Å². The highest BCUT2D eigenvalue weighted by molar-refractivity contribution is 7.80. The minimum Gasteiger partial charge on any atom is -0.258 e. The van der Waals surface area contributed by atoms with Crippen LogP contribution in [0.3, 0.4) is 0 Å². The van der Waals surface area contributed by atoms with Crippen LogP contribution in [-0.2, 0) is 42.0 Å². The minimum atomic E-state index is -1.77. The van der Waals surface area contributed by atoms with Crippen molar-refractivity contribution in [3.05, 3.63) is 112 Å². The molecule has 0 aliphatic carbocycles. The van der Waals surface area contributed by atoms with Gasteiger partial charge in [-0.05, 0) is 23.3 Å². The molecular formula is C21H19NO6S2. The van der Waals surface area contributed by atoms with Crippen molar-refractivity contribution in [1.29, 1.82) is 0 Å². The molecule has 30 heavy (non-hydrogen) atoms. The van der Waals surface area contributed by atoms with Crippen LogP contribution in [0.15, 0.2) is 84.9 Å². The first-order valence-electron chi connectivity index (χ1n) is 8.94. The van der Waals surface area contributed by atoms with Crippen molar-refractivity contribution >= 4 is 27.8 Å². The minimum absolute atomic E-state index is 0.103. The third-order valence-corrected chi connectivity index (χ3v) is 5.94. The van der Waals surface area contributed by atoms with Crippen LogP contribution in [0.25, 0.3) is 0 Å². The van der Waals surface area contributed by atoms with Crippen LogP contribution in [0.2, 0.25) is 0 Å². The van der Waals surface area contributed by atoms with Crippen LogP contribution in [0.5, 0.6) is 0 Å². The molecule has 3 aromatic rings. The highest BCUT2D eigenvalue weighted by atomic mass is 32.2. The van der Waals surface area contributed by atoms with Crippen LogP contribution < -0.4 is 0 Å². The number of rotatable bonds is 10. The van der Waals surface area contributed by atoms with Crippen molar-refractivity contribution in [2.45, 2.75) is 17.8 Å². The predicted molar refractivity (Wildman–Crippen MR) is 115 cm³/mol. The maximum absolute atomic E-state index is 12.5. The first kappa shape index (κ1) is 22.0. The van der Waals surface area contributed by atoms with Crippen molar-refractivity contribution in [1.82, 2.24) is 0 Å². The average Bonchev–Trinajstić information content (AvgIpc) is 2.74. The summed E-state index contributed by atoms with van der Waals surface area (Å²) in [5.41, 5.74) is 1.89. The summed E-state index contributed by atoms with van der Waals surface area (Å²) in [7, 11) is 0. The molecule has 0 aliphatic heterocycles. The molecule has 0 saturated heterocycles. The molecule has 0 N–H and O–H groups in total. The summed E-state index contributed by atoms with van der Waals surface area (Å²) in [5, 5.41) is 10.9. The Morgan fingerprint density at radius 2 is 1.17 bits per heavy atom. The Morgan fingerprint density at radius 3 is 1.57 bits per heavy atom. The fourth-order valence-electron chi connectivity index (χ4n) is 2.56. The van der Waals surface area contributed by atoms with Gasteiger partial charge in [-0.3, -0.25) is 18.5 Å². The quantitative estimate of drug-likeness (QED) is 0.261. The number of nitro benzene ring substituents is 1. The Hall–Kier alpha value is -2.72. The number of hydrogen-bond acceptors (Lipinski definition) is 6. The molecule has 0 amide bonds. The third kappa shape index (κ3) is 6.67. The second kappa shape index (κ2) is 10.9. The summed E-state index contributed by atoms with van der Waals surface area (Å²) >= 11 is -3.54. The molecule has 9 heteroatoms. The van der Waals surface area contributed by atoms with Crippen molar-refractivity contribution in [3.63, 3.8) is 0 Å². The Kier molecular flexibility index (Phi) is 7.97. The molecule has 2 unspecified atom stereocenters. The SMILES string of the molecule is O=[N+]([O-])c1ccc(C(OS(=O)Cc2ccccc2)OS(=O)Cc2ccccc2)cc1. The van der Waals surface area contributed by atoms with Crippen LogP contribution in [0.1, 0.15) is 23.0 Å². The van der Waals surface area contributed by atoms with Gasteiger partial charge in [0.1, 0.15) is 0 Å². The number of hydrogen-bond donors (Lipinski definition) is 0. The molecule has 0 fully saturated rings. The van der Waals surface area contributed by atoms with Gasteiger partial charge in [-0.15, -0.1) is 0 Å². The van der Waals surface area contributed by atoms with Gasteiger partial charge in [0, 0.05) is 17.7 Å². The number of nitro groups is 1. The highest BCUT2D eigenvalue weighted by Crippen LogP contribution is 2.25. The van der Waals surface area contributed by atoms with Gasteiger partial charge >= 0.3 is 0 Å². The van der Waals surface area contributed by atoms with E-state index in [4.69, 9.17) is 8.37 Å². The van der Waals surface area contributed by atoms with Gasteiger partial charge in [-0.1, -0.05) is 60.7 Å². The Morgan fingerprint density at radius 1 is 0.733 bits per heavy atom. The van der Waals surface area contributed by atoms with E-state index >= 15 is 0 Å². The second-order valence-electron chi connectivity index (χ2n) is 6.24. The Bertz CT molecular complexity index is 957. The summed E-state index contributed by atoms with van der Waals surface area (Å²) in [6.07, 6.45) is -1.21. The zero-order valence-electron chi connectivity index (χ0n) is 15.8. The van der Waals surface area contributed by atoms with Gasteiger partial charge in [0.05, 0.1) is 16.4 Å². The topological polar surface area (TPSA) is 95.7 Å². The number of benzene rings is 3. The molecule has 0 heterocycles. The summed E-state index contributed by atoms with van der Waals surface area (Å²) < 4.78 is 36.1. The largest absolute Gasteiger partial charge is 0.269 e. The van der Waals surface area contributed by atoms with E-state index in [9.17, 15) is 18.5 Å². The van der Waals surface area contributed by atoms with Gasteiger partial charge in [0.15, 0.2) is 22.2 Å². The van der Waals surface area contributed by atoms with E-state index in [1.807, 2.05) is 60.7 Å². The standard InChI is InChI=1S/C21H19NO6S2/c23-22(24)20-13-11-19(12-14-20)21(27-29(25)15-17-7-3-1-4-8-17)28-30(26)16-18-9-5-2-6-10-18/h1-14,21H,15-16H2. The molecule has 3 aromatic carbocycles. The molecule has 2 atom stereocenters. The Labute approximate surface area is 179 Å². The predicted octanol–water partition coefficient (Wildman–Crippen LogP) is 4.35. The van der Waals surface area contributed by atoms with E-state index in [1.165, 1.54) is 24.3 Å². The normalized spacial score (nSPS) is 14.0. The second-order valence-corrected chi connectivity index (χ2v) is 8.42. The van der Waals surface area contributed by atoms with Gasteiger partial charge < -0.3 is 0 Å². The van der Waals surface area contributed by atoms with Gasteiger partial charge in [0.2, 0.25) is 6.29 Å². The lowest BCUT2D eigenvalue weighted by Crippen LogP contribution is -2.14. The lowest BCUT2D eigenvalue weighted by molar-refractivity contribution is -0.384. The highest BCUT2D eigenvalue weighted by Gasteiger charge is 2.21. The van der Waals surface area contributed by atoms with E-state index < -0.39 is 33.4 Å². The van der Waals surface area contributed by atoms with Crippen molar-refractivity contribution in [3.8, 4) is 0 Å². The molecular weight excluding hydrogens is 426 g/mol. The van der Waals surface area contributed by atoms with Gasteiger partial charge in [-0.25, -0.2) is 8.42 Å². The fourth-order valence-corrected chi connectivity index (χ4v) is 4.37. The number of nitrogens with zero attached hydrogens (tertiary/aromatic N) is 1. The molecule has 0 saturated carbocycles. The molecule has 156 valence electrons. The van der Waals surface area contributed by atoms with Crippen LogP contribution in [0.4, 0.5) is 5.69 Å². The zero-order valence-corrected chi connectivity index (χ0v) is 17.4. The van der Waals surface area contributed by atoms with Crippen LogP contribution in [-0.4, -0.2) is 13.3 Å². The average molecular weight is 446 g/mol. The first-order chi connectivity index (χ1) is 14.5. The lowest BCUT2D eigenvalue weighted by atomic mass is 10.2. The van der Waals surface area contributed by atoms with Crippen LogP contribution >= 0.6 is 0 Å². The number of non-ortho nitro benzene ring substituents is 1. The molecule has 0 aliphatic rings. The monoisotopic (exact) mass is 445 g/mol. The van der Waals surface area contributed by atoms with Crippen molar-refractivity contribution < 1.29 is 21.7 Å². The summed E-state index contributed by atoms with van der Waals surface area (Å²) in [6, 6.07) is 23.7. The third-order valence-electron chi connectivity index (χ3n) is 4.02. The van der Waals surface area contributed by atoms with Gasteiger partial charge in [0.25, 0.3) is 5.69 Å². The van der Waals surface area contributed by atoms with E-state index in [2.05, 4.69) is 0 Å². The van der Waals surface area contributed by atoms with E-state index in [-0.39, 0.29) is 17.2 Å². The molecule has 0 aromatic heterocycles. The smallest absolute Gasteiger partial charge is 0.258 e. The molecule has 0 bridgehead atoms. The maximum atomic E-state index is 12.5. The summed E-state index contributed by atoms with van der Waals surface area (Å²) in [4.78, 5) is 10.4. The molecule has 7 nitrogen and oxygen atoms in total. The molecule has 3 rings (SSSR count). The van der Waals surface area contributed by atoms with Gasteiger partial charge in [-0.2, -0.15) is 0 Å². The van der Waals surface area contributed by atoms with E-state index in [1.54, 1.807) is 0 Å². The van der Waals surface area contributed by atoms with E-state index in [0.29, 0.717) is 5.56 Å².